The van der Waals surface area contributed by atoms with Crippen molar-refractivity contribution < 1.29 is 4.39 Å². The number of benzene rings is 1. The van der Waals surface area contributed by atoms with Crippen LogP contribution in [0.1, 0.15) is 18.4 Å². The predicted molar refractivity (Wildman–Crippen MR) is 51.3 cm³/mol. The Morgan fingerprint density at radius 1 is 1.18 bits per heavy atom. The van der Waals surface area contributed by atoms with Crippen molar-refractivity contribution >= 4 is 22.6 Å². The van der Waals surface area contributed by atoms with Crippen LogP contribution in [0.3, 0.4) is 0 Å². The summed E-state index contributed by atoms with van der Waals surface area (Å²) in [4.78, 5) is 0. The van der Waals surface area contributed by atoms with Crippen LogP contribution in [0.5, 0.6) is 0 Å². The molecule has 0 bridgehead atoms. The van der Waals surface area contributed by atoms with Gasteiger partial charge in [0.2, 0.25) is 0 Å². The molecule has 1 aromatic carbocycles. The Morgan fingerprint density at radius 3 is 2.18 bits per heavy atom. The molecule has 0 atom stereocenters. The first kappa shape index (κ1) is 7.53. The summed E-state index contributed by atoms with van der Waals surface area (Å²) in [5.74, 6) is -0.144. The first-order valence-electron chi connectivity index (χ1n) is 3.66. The van der Waals surface area contributed by atoms with Crippen LogP contribution < -0.4 is 0 Å². The highest BCUT2D eigenvalue weighted by Gasteiger charge is 2.41. The first-order chi connectivity index (χ1) is 5.21. The summed E-state index contributed by atoms with van der Waals surface area (Å²) in [5, 5.41) is 0. The fourth-order valence-corrected chi connectivity index (χ4v) is 1.78. The summed E-state index contributed by atoms with van der Waals surface area (Å²) in [6.45, 7) is 0. The molecule has 0 spiro atoms. The van der Waals surface area contributed by atoms with E-state index < -0.39 is 0 Å². The van der Waals surface area contributed by atoms with E-state index in [0.29, 0.717) is 3.42 Å². The van der Waals surface area contributed by atoms with Crippen molar-refractivity contribution in [1.82, 2.24) is 0 Å². The van der Waals surface area contributed by atoms with Gasteiger partial charge < -0.3 is 0 Å². The summed E-state index contributed by atoms with van der Waals surface area (Å²) in [5.41, 5.74) is 1.26. The highest BCUT2D eigenvalue weighted by Crippen LogP contribution is 2.54. The van der Waals surface area contributed by atoms with E-state index >= 15 is 0 Å². The molecular weight excluding hydrogens is 254 g/mol. The Balaban J connectivity index is 2.33. The molecule has 0 aliphatic heterocycles. The molecule has 58 valence electrons. The van der Waals surface area contributed by atoms with Gasteiger partial charge in [0.05, 0.1) is 0 Å². The van der Waals surface area contributed by atoms with Gasteiger partial charge in [-0.1, -0.05) is 34.7 Å². The molecule has 1 fully saturated rings. The van der Waals surface area contributed by atoms with Crippen LogP contribution in [-0.2, 0) is 3.42 Å². The first-order valence-corrected chi connectivity index (χ1v) is 4.74. The number of hydrogen-bond donors (Lipinski definition) is 0. The molecule has 0 saturated heterocycles. The SMILES string of the molecule is Fc1ccc(C2(I)CC2)cc1. The number of alkyl halides is 1. The van der Waals surface area contributed by atoms with Gasteiger partial charge in [0.25, 0.3) is 0 Å². The maximum absolute atomic E-state index is 12.5. The lowest BCUT2D eigenvalue weighted by Crippen LogP contribution is -1.93. The van der Waals surface area contributed by atoms with E-state index in [1.165, 1.54) is 30.5 Å². The standard InChI is InChI=1S/C9H8FI/c10-8-3-1-7(2-4-8)9(11)5-6-9/h1-4H,5-6H2. The van der Waals surface area contributed by atoms with E-state index in [2.05, 4.69) is 22.6 Å². The Hall–Kier alpha value is -0.120. The number of hydrogen-bond acceptors (Lipinski definition) is 0. The van der Waals surface area contributed by atoms with Crippen molar-refractivity contribution in [3.8, 4) is 0 Å². The van der Waals surface area contributed by atoms with Gasteiger partial charge in [0.15, 0.2) is 0 Å². The van der Waals surface area contributed by atoms with Gasteiger partial charge in [-0.2, -0.15) is 0 Å². The van der Waals surface area contributed by atoms with Crippen LogP contribution in [0.15, 0.2) is 24.3 Å². The van der Waals surface area contributed by atoms with Crippen molar-refractivity contribution in [3.05, 3.63) is 35.6 Å². The second kappa shape index (κ2) is 2.44. The Bertz CT molecular complexity index is 261. The van der Waals surface area contributed by atoms with Crippen molar-refractivity contribution in [3.63, 3.8) is 0 Å². The molecule has 0 radical (unpaired) electrons. The molecule has 2 heteroatoms. The Morgan fingerprint density at radius 2 is 1.73 bits per heavy atom. The van der Waals surface area contributed by atoms with E-state index in [-0.39, 0.29) is 5.82 Å². The van der Waals surface area contributed by atoms with E-state index in [4.69, 9.17) is 0 Å². The van der Waals surface area contributed by atoms with Crippen molar-refractivity contribution in [1.29, 1.82) is 0 Å². The molecule has 0 unspecified atom stereocenters. The van der Waals surface area contributed by atoms with Gasteiger partial charge in [0, 0.05) is 3.42 Å². The van der Waals surface area contributed by atoms with Gasteiger partial charge in [-0.3, -0.25) is 0 Å². The van der Waals surface area contributed by atoms with Crippen LogP contribution in [0.25, 0.3) is 0 Å². The minimum Gasteiger partial charge on any atom is -0.207 e. The average molecular weight is 262 g/mol. The molecule has 0 amide bonds. The fraction of sp³-hybridized carbons (Fsp3) is 0.333. The third-order valence-electron chi connectivity index (χ3n) is 2.05. The van der Waals surface area contributed by atoms with E-state index in [1.807, 2.05) is 12.1 Å². The molecule has 1 aromatic rings. The summed E-state index contributed by atoms with van der Waals surface area (Å²) in [6, 6.07) is 6.84. The lowest BCUT2D eigenvalue weighted by Gasteiger charge is -2.04. The van der Waals surface area contributed by atoms with E-state index in [1.54, 1.807) is 0 Å². The molecule has 2 rings (SSSR count). The molecule has 0 heterocycles. The average Bonchev–Trinajstić information content (AvgIpc) is 2.70. The van der Waals surface area contributed by atoms with Crippen LogP contribution in [0, 0.1) is 5.82 Å². The van der Waals surface area contributed by atoms with Crippen LogP contribution in [0.4, 0.5) is 4.39 Å². The fourth-order valence-electron chi connectivity index (χ4n) is 1.15. The number of halogens is 2. The van der Waals surface area contributed by atoms with Crippen LogP contribution >= 0.6 is 22.6 Å². The summed E-state index contributed by atoms with van der Waals surface area (Å²) < 4.78 is 12.8. The maximum atomic E-state index is 12.5. The normalized spacial score (nSPS) is 19.8. The maximum Gasteiger partial charge on any atom is 0.123 e. The van der Waals surface area contributed by atoms with Gasteiger partial charge in [-0.25, -0.2) is 4.39 Å². The summed E-state index contributed by atoms with van der Waals surface area (Å²) in [7, 11) is 0. The zero-order chi connectivity index (χ0) is 7.90. The quantitative estimate of drug-likeness (QED) is 0.538. The number of rotatable bonds is 1. The molecule has 1 aliphatic carbocycles. The van der Waals surface area contributed by atoms with Crippen molar-refractivity contribution in [2.24, 2.45) is 0 Å². The lowest BCUT2D eigenvalue weighted by atomic mass is 10.1. The molecule has 1 saturated carbocycles. The van der Waals surface area contributed by atoms with Gasteiger partial charge in [-0.05, 0) is 30.5 Å². The smallest absolute Gasteiger partial charge is 0.123 e. The topological polar surface area (TPSA) is 0 Å². The second-order valence-electron chi connectivity index (χ2n) is 2.97. The summed E-state index contributed by atoms with van der Waals surface area (Å²) in [6.07, 6.45) is 2.47. The second-order valence-corrected chi connectivity index (χ2v) is 5.04. The molecule has 0 aromatic heterocycles. The van der Waals surface area contributed by atoms with E-state index in [9.17, 15) is 4.39 Å². The van der Waals surface area contributed by atoms with Gasteiger partial charge in [0.1, 0.15) is 5.82 Å². The Labute approximate surface area is 78.9 Å². The minimum absolute atomic E-state index is 0.144. The molecular formula is C9H8FI. The monoisotopic (exact) mass is 262 g/mol. The van der Waals surface area contributed by atoms with Gasteiger partial charge >= 0.3 is 0 Å². The molecule has 0 N–H and O–H groups in total. The van der Waals surface area contributed by atoms with E-state index in [0.717, 1.165) is 0 Å². The zero-order valence-corrected chi connectivity index (χ0v) is 8.14. The molecule has 11 heavy (non-hydrogen) atoms. The van der Waals surface area contributed by atoms with Crippen LogP contribution in [-0.4, -0.2) is 0 Å². The summed E-state index contributed by atoms with van der Waals surface area (Å²) >= 11 is 2.44. The molecule has 1 aliphatic rings. The zero-order valence-electron chi connectivity index (χ0n) is 5.98. The Kier molecular flexibility index (Phi) is 1.67. The minimum atomic E-state index is -0.144. The van der Waals surface area contributed by atoms with Crippen molar-refractivity contribution in [2.75, 3.05) is 0 Å². The third-order valence-corrected chi connectivity index (χ3v) is 3.75. The van der Waals surface area contributed by atoms with Crippen LogP contribution in [0.2, 0.25) is 0 Å². The predicted octanol–water partition coefficient (Wildman–Crippen LogP) is 3.25. The largest absolute Gasteiger partial charge is 0.207 e. The third kappa shape index (κ3) is 1.41. The highest BCUT2D eigenvalue weighted by molar-refractivity contribution is 14.1. The van der Waals surface area contributed by atoms with Gasteiger partial charge in [-0.15, -0.1) is 0 Å². The van der Waals surface area contributed by atoms with Crippen molar-refractivity contribution in [2.45, 2.75) is 16.3 Å². The highest BCUT2D eigenvalue weighted by atomic mass is 127. The lowest BCUT2D eigenvalue weighted by molar-refractivity contribution is 0.627. The molecule has 0 nitrogen and oxygen atoms in total.